The molecule has 90 valence electrons. The van der Waals surface area contributed by atoms with Crippen LogP contribution >= 0.6 is 0 Å². The lowest BCUT2D eigenvalue weighted by Crippen LogP contribution is -1.96. The summed E-state index contributed by atoms with van der Waals surface area (Å²) >= 11 is 0. The van der Waals surface area contributed by atoms with Gasteiger partial charge in [0.05, 0.1) is 18.3 Å². The quantitative estimate of drug-likeness (QED) is 0.696. The molecule has 0 saturated carbocycles. The monoisotopic (exact) mass is 238 g/mol. The van der Waals surface area contributed by atoms with Crippen LogP contribution in [0.2, 0.25) is 0 Å². The van der Waals surface area contributed by atoms with Gasteiger partial charge in [-0.2, -0.15) is 0 Å². The van der Waals surface area contributed by atoms with Crippen LogP contribution in [-0.4, -0.2) is 11.7 Å². The lowest BCUT2D eigenvalue weighted by molar-refractivity contribution is 0.417. The van der Waals surface area contributed by atoms with Crippen LogP contribution in [0.25, 0.3) is 16.6 Å². The molecule has 0 bridgehead atoms. The van der Waals surface area contributed by atoms with Crippen LogP contribution in [0.5, 0.6) is 5.75 Å². The summed E-state index contributed by atoms with van der Waals surface area (Å²) in [7, 11) is 1.62. The van der Waals surface area contributed by atoms with Gasteiger partial charge in [0.2, 0.25) is 0 Å². The van der Waals surface area contributed by atoms with E-state index >= 15 is 0 Å². The molecular formula is C15H14N2O. The van der Waals surface area contributed by atoms with E-state index in [1.807, 2.05) is 36.5 Å². The average molecular weight is 238 g/mol. The van der Waals surface area contributed by atoms with Crippen molar-refractivity contribution in [2.24, 2.45) is 0 Å². The van der Waals surface area contributed by atoms with Crippen LogP contribution in [0.1, 0.15) is 0 Å². The summed E-state index contributed by atoms with van der Waals surface area (Å²) in [4.78, 5) is 0. The fourth-order valence-corrected chi connectivity index (χ4v) is 2.18. The number of aromatic nitrogens is 1. The molecule has 0 fully saturated rings. The highest BCUT2D eigenvalue weighted by molar-refractivity contribution is 5.82. The van der Waals surface area contributed by atoms with Crippen molar-refractivity contribution in [2.45, 2.75) is 0 Å². The molecule has 0 aliphatic rings. The zero-order valence-corrected chi connectivity index (χ0v) is 10.1. The van der Waals surface area contributed by atoms with E-state index in [9.17, 15) is 0 Å². The zero-order valence-electron chi connectivity index (χ0n) is 10.1. The largest absolute Gasteiger partial charge is 0.495 e. The van der Waals surface area contributed by atoms with Gasteiger partial charge in [0.15, 0.2) is 0 Å². The van der Waals surface area contributed by atoms with Crippen molar-refractivity contribution >= 4 is 16.6 Å². The number of nitrogens with zero attached hydrogens (tertiary/aromatic N) is 1. The van der Waals surface area contributed by atoms with Crippen LogP contribution in [0, 0.1) is 0 Å². The van der Waals surface area contributed by atoms with Gasteiger partial charge in [0.25, 0.3) is 0 Å². The molecule has 3 rings (SSSR count). The highest BCUT2D eigenvalue weighted by Gasteiger charge is 2.05. The van der Waals surface area contributed by atoms with Crippen molar-refractivity contribution in [3.8, 4) is 11.4 Å². The molecule has 1 aromatic heterocycles. The highest BCUT2D eigenvalue weighted by atomic mass is 16.5. The van der Waals surface area contributed by atoms with Crippen molar-refractivity contribution in [1.82, 2.24) is 4.57 Å². The number of ether oxygens (including phenoxy) is 1. The van der Waals surface area contributed by atoms with E-state index in [1.54, 1.807) is 7.11 Å². The Hall–Kier alpha value is -2.42. The second-order valence-corrected chi connectivity index (χ2v) is 4.17. The summed E-state index contributed by atoms with van der Waals surface area (Å²) in [6.07, 6.45) is 2.05. The van der Waals surface area contributed by atoms with Crippen molar-refractivity contribution in [2.75, 3.05) is 12.8 Å². The lowest BCUT2D eigenvalue weighted by atomic mass is 10.2. The van der Waals surface area contributed by atoms with Crippen LogP contribution in [0.3, 0.4) is 0 Å². The Morgan fingerprint density at radius 1 is 1.06 bits per heavy atom. The van der Waals surface area contributed by atoms with E-state index in [0.29, 0.717) is 11.4 Å². The molecule has 2 N–H and O–H groups in total. The van der Waals surface area contributed by atoms with E-state index in [4.69, 9.17) is 10.5 Å². The number of fused-ring (bicyclic) bond motifs is 1. The molecule has 0 atom stereocenters. The van der Waals surface area contributed by atoms with Crippen LogP contribution in [0.4, 0.5) is 5.69 Å². The maximum Gasteiger partial charge on any atom is 0.141 e. The molecule has 0 spiro atoms. The first-order valence-electron chi connectivity index (χ1n) is 5.79. The van der Waals surface area contributed by atoms with Crippen molar-refractivity contribution in [1.29, 1.82) is 0 Å². The van der Waals surface area contributed by atoms with Gasteiger partial charge in [-0.1, -0.05) is 18.2 Å². The second-order valence-electron chi connectivity index (χ2n) is 4.17. The number of hydrogen-bond donors (Lipinski definition) is 1. The first-order valence-corrected chi connectivity index (χ1v) is 5.79. The van der Waals surface area contributed by atoms with Crippen LogP contribution < -0.4 is 10.5 Å². The minimum absolute atomic E-state index is 0.646. The second kappa shape index (κ2) is 4.11. The Labute approximate surface area is 105 Å². The van der Waals surface area contributed by atoms with Gasteiger partial charge in [-0.05, 0) is 35.7 Å². The number of hydrogen-bond acceptors (Lipinski definition) is 2. The topological polar surface area (TPSA) is 40.2 Å². The van der Waals surface area contributed by atoms with E-state index < -0.39 is 0 Å². The summed E-state index contributed by atoms with van der Waals surface area (Å²) in [6.45, 7) is 0. The Morgan fingerprint density at radius 3 is 2.67 bits per heavy atom. The van der Waals surface area contributed by atoms with E-state index in [0.717, 1.165) is 5.69 Å². The third-order valence-corrected chi connectivity index (χ3v) is 3.09. The first kappa shape index (κ1) is 10.7. The lowest BCUT2D eigenvalue weighted by Gasteiger charge is -2.09. The van der Waals surface area contributed by atoms with Gasteiger partial charge < -0.3 is 15.0 Å². The minimum Gasteiger partial charge on any atom is -0.495 e. The smallest absolute Gasteiger partial charge is 0.141 e. The number of nitrogens with two attached hydrogens (primary N) is 1. The van der Waals surface area contributed by atoms with E-state index in [1.165, 1.54) is 10.9 Å². The maximum absolute atomic E-state index is 5.94. The van der Waals surface area contributed by atoms with Gasteiger partial charge in [0, 0.05) is 11.9 Å². The summed E-state index contributed by atoms with van der Waals surface area (Å²) in [5, 5.41) is 1.21. The third kappa shape index (κ3) is 1.61. The Kier molecular flexibility index (Phi) is 2.45. The summed E-state index contributed by atoms with van der Waals surface area (Å²) in [6, 6.07) is 16.2. The van der Waals surface area contributed by atoms with Gasteiger partial charge in [0.1, 0.15) is 5.75 Å². The molecular weight excluding hydrogens is 224 g/mol. The number of para-hydroxylation sites is 1. The molecule has 18 heavy (non-hydrogen) atoms. The van der Waals surface area contributed by atoms with E-state index in [-0.39, 0.29) is 0 Å². The molecule has 0 aliphatic carbocycles. The number of rotatable bonds is 2. The highest BCUT2D eigenvalue weighted by Crippen LogP contribution is 2.26. The summed E-state index contributed by atoms with van der Waals surface area (Å²) in [5.74, 6) is 0.704. The first-order chi connectivity index (χ1) is 8.79. The predicted molar refractivity (Wildman–Crippen MR) is 74.2 cm³/mol. The van der Waals surface area contributed by atoms with Gasteiger partial charge >= 0.3 is 0 Å². The molecule has 0 aliphatic heterocycles. The normalized spacial score (nSPS) is 10.7. The Bertz CT molecular complexity index is 701. The van der Waals surface area contributed by atoms with Crippen molar-refractivity contribution in [3.63, 3.8) is 0 Å². The van der Waals surface area contributed by atoms with Gasteiger partial charge in [-0.3, -0.25) is 0 Å². The van der Waals surface area contributed by atoms with Crippen molar-refractivity contribution in [3.05, 3.63) is 54.7 Å². The molecule has 1 heterocycles. The van der Waals surface area contributed by atoms with Gasteiger partial charge in [-0.25, -0.2) is 0 Å². The number of anilines is 1. The molecule has 0 unspecified atom stereocenters. The molecule has 3 nitrogen and oxygen atoms in total. The molecule has 3 aromatic rings. The number of benzene rings is 2. The number of nitrogen functional groups attached to an aromatic ring is 1. The third-order valence-electron chi connectivity index (χ3n) is 3.09. The standard InChI is InChI=1S/C15H14N2O/c1-18-15-7-6-12(10-13(15)16)17-9-8-11-4-2-3-5-14(11)17/h2-10H,16H2,1H3. The number of methoxy groups -OCH3 is 1. The fourth-order valence-electron chi connectivity index (χ4n) is 2.18. The SMILES string of the molecule is COc1ccc(-n2ccc3ccccc32)cc1N. The maximum atomic E-state index is 5.94. The average Bonchev–Trinajstić information content (AvgIpc) is 2.82. The molecule has 2 aromatic carbocycles. The fraction of sp³-hybridized carbons (Fsp3) is 0.0667. The van der Waals surface area contributed by atoms with Crippen LogP contribution in [-0.2, 0) is 0 Å². The molecule has 3 heteroatoms. The Balaban J connectivity index is 2.17. The minimum atomic E-state index is 0.646. The summed E-state index contributed by atoms with van der Waals surface area (Å²) in [5.41, 5.74) is 8.79. The molecule has 0 amide bonds. The Morgan fingerprint density at radius 2 is 1.89 bits per heavy atom. The molecule has 0 radical (unpaired) electrons. The molecule has 0 saturated heterocycles. The zero-order chi connectivity index (χ0) is 12.5. The van der Waals surface area contributed by atoms with Gasteiger partial charge in [-0.15, -0.1) is 0 Å². The van der Waals surface area contributed by atoms with E-state index in [2.05, 4.69) is 22.8 Å². The predicted octanol–water partition coefficient (Wildman–Crippen LogP) is 3.22. The van der Waals surface area contributed by atoms with Crippen molar-refractivity contribution < 1.29 is 4.74 Å². The van der Waals surface area contributed by atoms with Crippen LogP contribution in [0.15, 0.2) is 54.7 Å². The summed E-state index contributed by atoms with van der Waals surface area (Å²) < 4.78 is 7.29.